The van der Waals surface area contributed by atoms with Crippen LogP contribution in [-0.4, -0.2) is 97.9 Å². The van der Waals surface area contributed by atoms with Crippen molar-refractivity contribution in [2.75, 3.05) is 47.3 Å². The molecule has 2 N–H and O–H groups in total. The van der Waals surface area contributed by atoms with Crippen LogP contribution in [0.4, 0.5) is 0 Å². The van der Waals surface area contributed by atoms with Crippen molar-refractivity contribution in [2.45, 2.75) is 92.8 Å². The molecule has 0 aliphatic carbocycles. The summed E-state index contributed by atoms with van der Waals surface area (Å²) in [6.07, 6.45) is 1.92. The second-order valence-electron chi connectivity index (χ2n) is 14.2. The molecule has 42 heavy (non-hydrogen) atoms. The van der Waals surface area contributed by atoms with Crippen LogP contribution in [0.5, 0.6) is 0 Å². The number of aryl methyl sites for hydroxylation is 2. The van der Waals surface area contributed by atoms with Crippen molar-refractivity contribution in [3.05, 3.63) is 46.5 Å². The molecule has 0 radical (unpaired) electrons. The number of piperazine rings is 1. The Kier molecular flexibility index (Phi) is 12.0. The molecule has 1 heterocycles. The lowest BCUT2D eigenvalue weighted by atomic mass is 9.76. The first-order chi connectivity index (χ1) is 19.3. The molecule has 236 valence electrons. The van der Waals surface area contributed by atoms with E-state index in [4.69, 9.17) is 0 Å². The normalized spacial score (nSPS) is 17.6. The minimum atomic E-state index is -0.760. The Balaban J connectivity index is 2.32. The van der Waals surface area contributed by atoms with Crippen molar-refractivity contribution >= 4 is 17.7 Å². The van der Waals surface area contributed by atoms with Gasteiger partial charge in [0.25, 0.3) is 0 Å². The number of carbonyl (C=O) groups is 3. The van der Waals surface area contributed by atoms with Gasteiger partial charge in [0, 0.05) is 44.2 Å². The number of nitrogens with zero attached hydrogens (tertiary/aromatic N) is 3. The summed E-state index contributed by atoms with van der Waals surface area (Å²) in [5, 5.41) is 6.34. The standard InChI is InChI=1S/C34H57N5O3/c1-22(2)27(21-25(5)31(41)39-18-16-37(12)17-19-39)38(13)32(42)29(33(6,7)8)36-30(40)28(35-11)34(9,10)26-15-14-23(3)24(4)20-26/h14-15,20-22,27-29,35H,16-19H2,1-13H3,(H,36,40)/b25-21+/t27-,28-,29-/m1/s1. The molecule has 0 bridgehead atoms. The second kappa shape index (κ2) is 14.2. The lowest BCUT2D eigenvalue weighted by Gasteiger charge is -2.40. The number of carbonyl (C=O) groups excluding carboxylic acids is 3. The van der Waals surface area contributed by atoms with Crippen LogP contribution < -0.4 is 10.6 Å². The summed E-state index contributed by atoms with van der Waals surface area (Å²) >= 11 is 0. The third-order valence-corrected chi connectivity index (χ3v) is 8.95. The Hall–Kier alpha value is -2.71. The summed E-state index contributed by atoms with van der Waals surface area (Å²) in [6.45, 7) is 23.2. The average Bonchev–Trinajstić information content (AvgIpc) is 2.90. The third-order valence-electron chi connectivity index (χ3n) is 8.95. The number of amides is 3. The summed E-state index contributed by atoms with van der Waals surface area (Å²) in [7, 11) is 5.62. The van der Waals surface area contributed by atoms with Crippen LogP contribution in [0.15, 0.2) is 29.8 Å². The van der Waals surface area contributed by atoms with Crippen LogP contribution in [0.3, 0.4) is 0 Å². The van der Waals surface area contributed by atoms with Crippen LogP contribution >= 0.6 is 0 Å². The molecule has 1 aliphatic heterocycles. The van der Waals surface area contributed by atoms with Crippen molar-refractivity contribution in [3.8, 4) is 0 Å². The lowest BCUT2D eigenvalue weighted by Crippen LogP contribution is -2.61. The van der Waals surface area contributed by atoms with E-state index in [2.05, 4.69) is 68.5 Å². The first-order valence-electron chi connectivity index (χ1n) is 15.3. The minimum Gasteiger partial charge on any atom is -0.342 e. The molecule has 8 nitrogen and oxygen atoms in total. The Morgan fingerprint density at radius 3 is 2.00 bits per heavy atom. The Morgan fingerprint density at radius 2 is 1.52 bits per heavy atom. The van der Waals surface area contributed by atoms with Gasteiger partial charge in [-0.15, -0.1) is 0 Å². The molecule has 1 saturated heterocycles. The van der Waals surface area contributed by atoms with E-state index in [1.165, 1.54) is 11.1 Å². The Morgan fingerprint density at radius 1 is 0.952 bits per heavy atom. The Bertz CT molecular complexity index is 1140. The van der Waals surface area contributed by atoms with E-state index < -0.39 is 22.9 Å². The minimum absolute atomic E-state index is 0.0145. The topological polar surface area (TPSA) is 85.0 Å². The first kappa shape index (κ1) is 35.5. The van der Waals surface area contributed by atoms with E-state index in [0.717, 1.165) is 18.7 Å². The van der Waals surface area contributed by atoms with Crippen LogP contribution in [-0.2, 0) is 19.8 Å². The van der Waals surface area contributed by atoms with Crippen LogP contribution in [0.2, 0.25) is 0 Å². The van der Waals surface area contributed by atoms with Crippen molar-refractivity contribution in [1.29, 1.82) is 0 Å². The van der Waals surface area contributed by atoms with E-state index in [9.17, 15) is 14.4 Å². The molecular formula is C34H57N5O3. The molecule has 8 heteroatoms. The predicted molar refractivity (Wildman–Crippen MR) is 172 cm³/mol. The molecule has 0 unspecified atom stereocenters. The largest absolute Gasteiger partial charge is 0.342 e. The van der Waals surface area contributed by atoms with Crippen molar-refractivity contribution in [2.24, 2.45) is 11.3 Å². The smallest absolute Gasteiger partial charge is 0.249 e. The van der Waals surface area contributed by atoms with Crippen LogP contribution in [0.1, 0.15) is 72.1 Å². The SMILES string of the molecule is CN[C@H](C(=O)N[C@H](C(=O)N(C)[C@H](/C=C(\C)C(=O)N1CCN(C)CC1)C(C)C)C(C)(C)C)C(C)(C)c1ccc(C)c(C)c1. The summed E-state index contributed by atoms with van der Waals surface area (Å²) < 4.78 is 0. The van der Waals surface area contributed by atoms with Gasteiger partial charge in [0.15, 0.2) is 0 Å². The maximum Gasteiger partial charge on any atom is 0.249 e. The van der Waals surface area contributed by atoms with Gasteiger partial charge in [0.05, 0.1) is 12.1 Å². The van der Waals surface area contributed by atoms with Gasteiger partial charge in [-0.05, 0) is 62.9 Å². The highest BCUT2D eigenvalue weighted by Gasteiger charge is 2.41. The zero-order chi connectivity index (χ0) is 32.2. The van der Waals surface area contributed by atoms with E-state index in [1.807, 2.05) is 52.5 Å². The molecule has 1 aromatic carbocycles. The number of benzene rings is 1. The third kappa shape index (κ3) is 8.44. The average molecular weight is 584 g/mol. The highest BCUT2D eigenvalue weighted by Crippen LogP contribution is 2.30. The lowest BCUT2D eigenvalue weighted by molar-refractivity contribution is -0.141. The van der Waals surface area contributed by atoms with E-state index in [-0.39, 0.29) is 29.7 Å². The van der Waals surface area contributed by atoms with Gasteiger partial charge in [0.2, 0.25) is 17.7 Å². The fourth-order valence-corrected chi connectivity index (χ4v) is 5.69. The van der Waals surface area contributed by atoms with Gasteiger partial charge in [-0.25, -0.2) is 0 Å². The summed E-state index contributed by atoms with van der Waals surface area (Å²) in [6, 6.07) is 4.67. The number of nitrogens with one attached hydrogen (secondary N) is 2. The maximum absolute atomic E-state index is 14.1. The fraction of sp³-hybridized carbons (Fsp3) is 0.676. The van der Waals surface area contributed by atoms with Gasteiger partial charge < -0.3 is 25.3 Å². The maximum atomic E-state index is 14.1. The quantitative estimate of drug-likeness (QED) is 0.408. The molecule has 1 aromatic rings. The van der Waals surface area contributed by atoms with Crippen molar-refractivity contribution < 1.29 is 14.4 Å². The molecule has 3 amide bonds. The molecule has 1 aliphatic rings. The predicted octanol–water partition coefficient (Wildman–Crippen LogP) is 3.90. The van der Waals surface area contributed by atoms with Gasteiger partial charge in [-0.1, -0.05) is 72.7 Å². The van der Waals surface area contributed by atoms with E-state index in [1.54, 1.807) is 19.0 Å². The van der Waals surface area contributed by atoms with Crippen molar-refractivity contribution in [3.63, 3.8) is 0 Å². The van der Waals surface area contributed by atoms with Gasteiger partial charge in [-0.2, -0.15) is 0 Å². The van der Waals surface area contributed by atoms with Crippen molar-refractivity contribution in [1.82, 2.24) is 25.3 Å². The number of likely N-dealkylation sites (N-methyl/N-ethyl adjacent to an activating group) is 3. The summed E-state index contributed by atoms with van der Waals surface area (Å²) in [4.78, 5) is 47.1. The molecule has 0 saturated carbocycles. The van der Waals surface area contributed by atoms with Crippen LogP contribution in [0.25, 0.3) is 0 Å². The zero-order valence-electron chi connectivity index (χ0n) is 28.5. The van der Waals surface area contributed by atoms with Crippen LogP contribution in [0, 0.1) is 25.2 Å². The molecule has 3 atom stereocenters. The van der Waals surface area contributed by atoms with Gasteiger partial charge in [0.1, 0.15) is 6.04 Å². The summed E-state index contributed by atoms with van der Waals surface area (Å²) in [5.41, 5.74) is 3.00. The monoisotopic (exact) mass is 583 g/mol. The zero-order valence-corrected chi connectivity index (χ0v) is 28.5. The summed E-state index contributed by atoms with van der Waals surface area (Å²) in [5.74, 6) is -0.315. The van der Waals surface area contributed by atoms with E-state index >= 15 is 0 Å². The molecule has 0 aromatic heterocycles. The highest BCUT2D eigenvalue weighted by molar-refractivity contribution is 5.94. The molecule has 2 rings (SSSR count). The number of hydrogen-bond donors (Lipinski definition) is 2. The fourth-order valence-electron chi connectivity index (χ4n) is 5.69. The highest BCUT2D eigenvalue weighted by atomic mass is 16.2. The number of rotatable bonds is 10. The number of hydrogen-bond acceptors (Lipinski definition) is 5. The molecule has 1 fully saturated rings. The Labute approximate surface area is 255 Å². The van der Waals surface area contributed by atoms with Gasteiger partial charge >= 0.3 is 0 Å². The molecule has 0 spiro atoms. The van der Waals surface area contributed by atoms with Gasteiger partial charge in [-0.3, -0.25) is 14.4 Å². The van der Waals surface area contributed by atoms with E-state index in [0.29, 0.717) is 18.7 Å². The second-order valence-corrected chi connectivity index (χ2v) is 14.2. The molecular weight excluding hydrogens is 526 g/mol. The first-order valence-corrected chi connectivity index (χ1v) is 15.3.